The Bertz CT molecular complexity index is 579. The van der Waals surface area contributed by atoms with Crippen LogP contribution in [0.2, 0.25) is 0 Å². The predicted molar refractivity (Wildman–Crippen MR) is 90.3 cm³/mol. The molecule has 126 valence electrons. The minimum absolute atomic E-state index is 0.00127. The van der Waals surface area contributed by atoms with E-state index in [-0.39, 0.29) is 17.7 Å². The molecule has 0 spiro atoms. The zero-order valence-electron chi connectivity index (χ0n) is 14.2. The Morgan fingerprint density at radius 1 is 1.26 bits per heavy atom. The second-order valence-electron chi connectivity index (χ2n) is 6.65. The molecule has 0 aromatic heterocycles. The highest BCUT2D eigenvalue weighted by molar-refractivity contribution is 5.99. The van der Waals surface area contributed by atoms with Gasteiger partial charge in [0.05, 0.1) is 6.10 Å². The van der Waals surface area contributed by atoms with Crippen molar-refractivity contribution in [3.05, 3.63) is 29.8 Å². The summed E-state index contributed by atoms with van der Waals surface area (Å²) >= 11 is 0. The quantitative estimate of drug-likeness (QED) is 0.843. The second kappa shape index (κ2) is 7.13. The summed E-state index contributed by atoms with van der Waals surface area (Å²) in [4.78, 5) is 26.1. The molecule has 2 amide bonds. The first kappa shape index (κ1) is 17.5. The van der Waals surface area contributed by atoms with Gasteiger partial charge in [-0.05, 0) is 43.4 Å². The van der Waals surface area contributed by atoms with E-state index in [2.05, 4.69) is 19.2 Å². The summed E-state index contributed by atoms with van der Waals surface area (Å²) in [6.07, 6.45) is 0.776. The molecule has 1 aliphatic rings. The van der Waals surface area contributed by atoms with Gasteiger partial charge in [0.15, 0.2) is 0 Å². The average molecular weight is 318 g/mol. The van der Waals surface area contributed by atoms with Gasteiger partial charge in [-0.25, -0.2) is 0 Å². The van der Waals surface area contributed by atoms with Gasteiger partial charge in [-0.2, -0.15) is 0 Å². The first-order valence-corrected chi connectivity index (χ1v) is 8.17. The lowest BCUT2D eigenvalue weighted by molar-refractivity contribution is -0.130. The van der Waals surface area contributed by atoms with Gasteiger partial charge >= 0.3 is 0 Å². The van der Waals surface area contributed by atoms with E-state index in [9.17, 15) is 14.7 Å². The zero-order valence-corrected chi connectivity index (χ0v) is 14.2. The standard InChI is InChI=1S/C18H26N2O3/c1-11(2)14-6-5-7-15(10-14)20(4)18(23)16(12(3)21)19-17(22)13-8-9-13/h5-7,10-13,16,21H,8-9H2,1-4H3,(H,19,22). The number of hydrogen-bond donors (Lipinski definition) is 2. The largest absolute Gasteiger partial charge is 0.391 e. The van der Waals surface area contributed by atoms with E-state index in [1.807, 2.05) is 24.3 Å². The average Bonchev–Trinajstić information content (AvgIpc) is 3.35. The molecule has 2 rings (SSSR count). The van der Waals surface area contributed by atoms with Crippen LogP contribution < -0.4 is 10.2 Å². The van der Waals surface area contributed by atoms with Crippen LogP contribution in [0.15, 0.2) is 24.3 Å². The third-order valence-corrected chi connectivity index (χ3v) is 4.25. The Hall–Kier alpha value is -1.88. The monoisotopic (exact) mass is 318 g/mol. The van der Waals surface area contributed by atoms with Crippen molar-refractivity contribution in [2.75, 3.05) is 11.9 Å². The molecule has 1 aliphatic carbocycles. The molecular formula is C18H26N2O3. The van der Waals surface area contributed by atoms with E-state index in [1.54, 1.807) is 7.05 Å². The van der Waals surface area contributed by atoms with Crippen molar-refractivity contribution in [2.45, 2.75) is 51.7 Å². The summed E-state index contributed by atoms with van der Waals surface area (Å²) in [5.41, 5.74) is 1.89. The van der Waals surface area contributed by atoms with Gasteiger partial charge in [0, 0.05) is 18.7 Å². The first-order valence-electron chi connectivity index (χ1n) is 8.17. The van der Waals surface area contributed by atoms with Crippen LogP contribution in [-0.2, 0) is 9.59 Å². The Morgan fingerprint density at radius 3 is 2.43 bits per heavy atom. The van der Waals surface area contributed by atoms with Gasteiger partial charge in [0.25, 0.3) is 5.91 Å². The van der Waals surface area contributed by atoms with Crippen molar-refractivity contribution >= 4 is 17.5 Å². The lowest BCUT2D eigenvalue weighted by atomic mass is 10.0. The third kappa shape index (κ3) is 4.32. The van der Waals surface area contributed by atoms with Crippen molar-refractivity contribution < 1.29 is 14.7 Å². The molecule has 5 nitrogen and oxygen atoms in total. The van der Waals surface area contributed by atoms with Crippen LogP contribution in [0.25, 0.3) is 0 Å². The highest BCUT2D eigenvalue weighted by Crippen LogP contribution is 2.29. The molecule has 2 atom stereocenters. The van der Waals surface area contributed by atoms with Crippen LogP contribution in [-0.4, -0.2) is 36.1 Å². The highest BCUT2D eigenvalue weighted by atomic mass is 16.3. The zero-order chi connectivity index (χ0) is 17.1. The van der Waals surface area contributed by atoms with E-state index >= 15 is 0 Å². The fourth-order valence-electron chi connectivity index (χ4n) is 2.43. The lowest BCUT2D eigenvalue weighted by Gasteiger charge is -2.27. The second-order valence-corrected chi connectivity index (χ2v) is 6.65. The highest BCUT2D eigenvalue weighted by Gasteiger charge is 2.35. The topological polar surface area (TPSA) is 69.6 Å². The van der Waals surface area contributed by atoms with Crippen LogP contribution in [0, 0.1) is 5.92 Å². The van der Waals surface area contributed by atoms with Crippen LogP contribution in [0.1, 0.15) is 45.1 Å². The van der Waals surface area contributed by atoms with Gasteiger partial charge in [-0.3, -0.25) is 9.59 Å². The third-order valence-electron chi connectivity index (χ3n) is 4.25. The fourth-order valence-corrected chi connectivity index (χ4v) is 2.43. The molecular weight excluding hydrogens is 292 g/mol. The number of carbonyl (C=O) groups excluding carboxylic acids is 2. The smallest absolute Gasteiger partial charge is 0.251 e. The molecule has 0 radical (unpaired) electrons. The Morgan fingerprint density at radius 2 is 1.91 bits per heavy atom. The normalized spacial score (nSPS) is 16.8. The molecule has 0 bridgehead atoms. The maximum atomic E-state index is 12.7. The molecule has 1 saturated carbocycles. The number of rotatable bonds is 6. The molecule has 2 N–H and O–H groups in total. The van der Waals surface area contributed by atoms with Gasteiger partial charge in [0.2, 0.25) is 5.91 Å². The van der Waals surface area contributed by atoms with Crippen LogP contribution in [0.4, 0.5) is 5.69 Å². The van der Waals surface area contributed by atoms with Gasteiger partial charge in [0.1, 0.15) is 6.04 Å². The van der Waals surface area contributed by atoms with Crippen molar-refractivity contribution in [1.82, 2.24) is 5.32 Å². The maximum Gasteiger partial charge on any atom is 0.251 e. The number of nitrogens with zero attached hydrogens (tertiary/aromatic N) is 1. The van der Waals surface area contributed by atoms with E-state index < -0.39 is 12.1 Å². The molecule has 2 unspecified atom stereocenters. The molecule has 23 heavy (non-hydrogen) atoms. The number of amides is 2. The molecule has 0 heterocycles. The van der Waals surface area contributed by atoms with Crippen molar-refractivity contribution in [3.63, 3.8) is 0 Å². The van der Waals surface area contributed by atoms with Gasteiger partial charge in [-0.15, -0.1) is 0 Å². The number of hydrogen-bond acceptors (Lipinski definition) is 3. The van der Waals surface area contributed by atoms with Gasteiger partial charge in [-0.1, -0.05) is 26.0 Å². The van der Waals surface area contributed by atoms with Crippen molar-refractivity contribution in [1.29, 1.82) is 0 Å². The summed E-state index contributed by atoms with van der Waals surface area (Å²) in [7, 11) is 1.67. The maximum absolute atomic E-state index is 12.7. The number of aliphatic hydroxyl groups is 1. The van der Waals surface area contributed by atoms with E-state index in [4.69, 9.17) is 0 Å². The summed E-state index contributed by atoms with van der Waals surface area (Å²) in [5.74, 6) is -0.0947. The SMILES string of the molecule is CC(C)c1cccc(N(C)C(=O)C(NC(=O)C2CC2)C(C)O)c1. The predicted octanol–water partition coefficient (Wildman–Crippen LogP) is 2.05. The minimum atomic E-state index is -0.944. The van der Waals surface area contributed by atoms with E-state index in [1.165, 1.54) is 11.8 Å². The van der Waals surface area contributed by atoms with E-state index in [0.717, 1.165) is 24.1 Å². The molecule has 0 aliphatic heterocycles. The Balaban J connectivity index is 2.14. The summed E-state index contributed by atoms with van der Waals surface area (Å²) < 4.78 is 0. The van der Waals surface area contributed by atoms with E-state index in [0.29, 0.717) is 5.92 Å². The van der Waals surface area contributed by atoms with Crippen molar-refractivity contribution in [3.8, 4) is 0 Å². The molecule has 5 heteroatoms. The first-order chi connectivity index (χ1) is 10.8. The number of anilines is 1. The van der Waals surface area contributed by atoms with Crippen molar-refractivity contribution in [2.24, 2.45) is 5.92 Å². The molecule has 1 fully saturated rings. The molecule has 1 aromatic rings. The number of carbonyl (C=O) groups is 2. The Labute approximate surface area is 137 Å². The number of aliphatic hydroxyl groups excluding tert-OH is 1. The summed E-state index contributed by atoms with van der Waals surface area (Å²) in [6.45, 7) is 5.71. The number of benzene rings is 1. The van der Waals surface area contributed by atoms with Crippen LogP contribution in [0.3, 0.4) is 0 Å². The minimum Gasteiger partial charge on any atom is -0.391 e. The van der Waals surface area contributed by atoms with Gasteiger partial charge < -0.3 is 15.3 Å². The lowest BCUT2D eigenvalue weighted by Crippen LogP contribution is -2.53. The Kier molecular flexibility index (Phi) is 5.42. The summed E-state index contributed by atoms with van der Waals surface area (Å²) in [6, 6.07) is 6.83. The number of nitrogens with one attached hydrogen (secondary N) is 1. The fraction of sp³-hybridized carbons (Fsp3) is 0.556. The molecule has 1 aromatic carbocycles. The van der Waals surface area contributed by atoms with Crippen LogP contribution in [0.5, 0.6) is 0 Å². The number of likely N-dealkylation sites (N-methyl/N-ethyl adjacent to an activating group) is 1. The van der Waals surface area contributed by atoms with Crippen LogP contribution >= 0.6 is 0 Å². The summed E-state index contributed by atoms with van der Waals surface area (Å²) in [5, 5.41) is 12.6. The molecule has 0 saturated heterocycles.